The number of hydrogen-bond acceptors (Lipinski definition) is 5. The molecule has 4 atom stereocenters. The van der Waals surface area contributed by atoms with E-state index >= 15 is 4.11 Å². The van der Waals surface area contributed by atoms with E-state index in [9.17, 15) is 4.79 Å². The fourth-order valence-electron chi connectivity index (χ4n) is 5.33. The van der Waals surface area contributed by atoms with Crippen molar-refractivity contribution >= 4 is 31.6 Å². The fourth-order valence-corrected chi connectivity index (χ4v) is 8.05. The number of halogens is 2. The summed E-state index contributed by atoms with van der Waals surface area (Å²) in [6.07, 6.45) is 2.28. The van der Waals surface area contributed by atoms with Crippen LogP contribution >= 0.6 is 11.6 Å². The van der Waals surface area contributed by atoms with Gasteiger partial charge >= 0.3 is 0 Å². The van der Waals surface area contributed by atoms with Gasteiger partial charge in [-0.1, -0.05) is 23.7 Å². The molecule has 1 N–H and O–H groups in total. The van der Waals surface area contributed by atoms with E-state index in [0.717, 1.165) is 11.3 Å². The van der Waals surface area contributed by atoms with Gasteiger partial charge in [0.15, 0.2) is 5.60 Å². The van der Waals surface area contributed by atoms with Crippen LogP contribution in [0.1, 0.15) is 24.6 Å². The van der Waals surface area contributed by atoms with Gasteiger partial charge in [0.25, 0.3) is 5.91 Å². The third-order valence-electron chi connectivity index (χ3n) is 6.65. The van der Waals surface area contributed by atoms with Crippen LogP contribution in [0, 0.1) is 5.92 Å². The van der Waals surface area contributed by atoms with E-state index in [1.54, 1.807) is 48.1 Å². The first-order valence-corrected chi connectivity index (χ1v) is 13.9. The van der Waals surface area contributed by atoms with Gasteiger partial charge in [-0.3, -0.25) is 9.48 Å². The van der Waals surface area contributed by atoms with Crippen molar-refractivity contribution in [2.75, 3.05) is 18.6 Å². The predicted octanol–water partition coefficient (Wildman–Crippen LogP) is 3.31. The molecule has 1 aromatic carbocycles. The molecule has 0 radical (unpaired) electrons. The van der Waals surface area contributed by atoms with E-state index in [0.29, 0.717) is 30.1 Å². The lowest BCUT2D eigenvalue weighted by Crippen LogP contribution is -2.44. The van der Waals surface area contributed by atoms with Gasteiger partial charge in [0, 0.05) is 54.9 Å². The molecule has 10 heteroatoms. The average molecular weight is 467 g/mol. The molecule has 2 aliphatic heterocycles. The molecule has 2 aliphatic rings. The SMILES string of the molecule is C[C@@H]1[C@@H]([Si](C)(C)F)[C@H](CCn2cc(CCO)nn2)O[C@@]12C(=O)N(C)c1ccc(Cl)cc12. The Morgan fingerprint density at radius 1 is 1.39 bits per heavy atom. The third-order valence-corrected chi connectivity index (χ3v) is 9.34. The standard InChI is InChI=1S/C21H28ClFN4O3Si/c1-13-19(31(3,4)23)18(7-9-27-12-15(8-10-28)24-25-27)30-21(13)16-11-14(22)5-6-17(16)26(2)20(21)29/h5-6,11-13,18-19,28H,7-10H2,1-4H3/t13-,18+,19-,21+/m1/s1. The van der Waals surface area contributed by atoms with Crippen molar-refractivity contribution in [3.63, 3.8) is 0 Å². The highest BCUT2D eigenvalue weighted by molar-refractivity contribution is 6.72. The second-order valence-corrected chi connectivity index (χ2v) is 13.3. The Balaban J connectivity index is 1.67. The molecule has 1 aromatic heterocycles. The summed E-state index contributed by atoms with van der Waals surface area (Å²) >= 11 is 6.27. The highest BCUT2D eigenvalue weighted by atomic mass is 35.5. The number of benzene rings is 1. The lowest BCUT2D eigenvalue weighted by atomic mass is 9.82. The molecule has 0 bridgehead atoms. The van der Waals surface area contributed by atoms with Crippen molar-refractivity contribution in [3.8, 4) is 0 Å². The number of aryl methyl sites for hydroxylation is 1. The molecule has 1 amide bonds. The van der Waals surface area contributed by atoms with Crippen LogP contribution in [-0.2, 0) is 28.1 Å². The highest BCUT2D eigenvalue weighted by Gasteiger charge is 2.66. The van der Waals surface area contributed by atoms with Crippen LogP contribution in [0.4, 0.5) is 9.80 Å². The van der Waals surface area contributed by atoms with Crippen LogP contribution in [0.3, 0.4) is 0 Å². The number of likely N-dealkylation sites (N-methyl/N-ethyl adjacent to an activating group) is 1. The molecule has 3 heterocycles. The maximum absolute atomic E-state index is 15.6. The smallest absolute Gasteiger partial charge is 0.264 e. The number of nitrogens with zero attached hydrogens (tertiary/aromatic N) is 4. The van der Waals surface area contributed by atoms with Crippen LogP contribution in [0.15, 0.2) is 24.4 Å². The highest BCUT2D eigenvalue weighted by Crippen LogP contribution is 2.60. The fraction of sp³-hybridized carbons (Fsp3) is 0.571. The topological polar surface area (TPSA) is 80.5 Å². The number of carbonyl (C=O) groups is 1. The Bertz CT molecular complexity index is 997. The summed E-state index contributed by atoms with van der Waals surface area (Å²) in [5, 5.41) is 17.7. The first-order valence-electron chi connectivity index (χ1n) is 10.5. The monoisotopic (exact) mass is 466 g/mol. The Kier molecular flexibility index (Phi) is 5.74. The van der Waals surface area contributed by atoms with Gasteiger partial charge in [0.2, 0.25) is 8.41 Å². The Morgan fingerprint density at radius 3 is 2.81 bits per heavy atom. The molecule has 4 rings (SSSR count). The second kappa shape index (κ2) is 7.95. The van der Waals surface area contributed by atoms with Gasteiger partial charge in [-0.2, -0.15) is 0 Å². The lowest BCUT2D eigenvalue weighted by Gasteiger charge is -2.31. The Hall–Kier alpha value is -1.81. The summed E-state index contributed by atoms with van der Waals surface area (Å²) < 4.78 is 23.8. The normalized spacial score (nSPS) is 28.0. The summed E-state index contributed by atoms with van der Waals surface area (Å²) in [6, 6.07) is 5.35. The van der Waals surface area contributed by atoms with Crippen molar-refractivity contribution in [2.24, 2.45) is 5.92 Å². The summed E-state index contributed by atoms with van der Waals surface area (Å²) in [7, 11) is -1.46. The Labute approximate surface area is 187 Å². The van der Waals surface area contributed by atoms with Crippen molar-refractivity contribution in [2.45, 2.75) is 56.7 Å². The van der Waals surface area contributed by atoms with E-state index in [2.05, 4.69) is 10.3 Å². The number of carbonyl (C=O) groups excluding carboxylic acids is 1. The van der Waals surface area contributed by atoms with Gasteiger partial charge in [-0.15, -0.1) is 5.10 Å². The third kappa shape index (κ3) is 3.61. The van der Waals surface area contributed by atoms with Gasteiger partial charge in [0.1, 0.15) is 0 Å². The number of amides is 1. The lowest BCUT2D eigenvalue weighted by molar-refractivity contribution is -0.145. The van der Waals surface area contributed by atoms with E-state index in [-0.39, 0.29) is 24.0 Å². The molecule has 2 aromatic rings. The molecular weight excluding hydrogens is 439 g/mol. The quantitative estimate of drug-likeness (QED) is 0.521. The molecular formula is C21H28ClFN4O3Si. The number of anilines is 1. The van der Waals surface area contributed by atoms with E-state index < -0.39 is 20.1 Å². The molecule has 0 aliphatic carbocycles. The first-order chi connectivity index (χ1) is 14.6. The summed E-state index contributed by atoms with van der Waals surface area (Å²) in [4.78, 5) is 15.1. The Morgan fingerprint density at radius 2 is 2.13 bits per heavy atom. The second-order valence-electron chi connectivity index (χ2n) is 9.03. The number of aromatic nitrogens is 3. The number of hydrogen-bond donors (Lipinski definition) is 1. The van der Waals surface area contributed by atoms with Crippen molar-refractivity contribution in [1.29, 1.82) is 0 Å². The van der Waals surface area contributed by atoms with Gasteiger partial charge in [-0.25, -0.2) is 0 Å². The van der Waals surface area contributed by atoms with E-state index in [1.165, 1.54) is 0 Å². The molecule has 31 heavy (non-hydrogen) atoms. The van der Waals surface area contributed by atoms with Gasteiger partial charge in [-0.05, 0) is 37.7 Å². The first kappa shape index (κ1) is 22.4. The molecule has 1 spiro atoms. The van der Waals surface area contributed by atoms with Crippen LogP contribution < -0.4 is 4.90 Å². The van der Waals surface area contributed by atoms with E-state index in [4.69, 9.17) is 21.4 Å². The minimum Gasteiger partial charge on any atom is -0.396 e. The van der Waals surface area contributed by atoms with E-state index in [1.807, 2.05) is 13.0 Å². The molecule has 7 nitrogen and oxygen atoms in total. The zero-order valence-electron chi connectivity index (χ0n) is 18.2. The molecule has 0 saturated carbocycles. The summed E-state index contributed by atoms with van der Waals surface area (Å²) in [5.74, 6) is -0.506. The van der Waals surface area contributed by atoms with Crippen LogP contribution in [0.5, 0.6) is 0 Å². The molecule has 1 saturated heterocycles. The minimum atomic E-state index is -3.18. The summed E-state index contributed by atoms with van der Waals surface area (Å²) in [6.45, 7) is 5.78. The maximum atomic E-state index is 15.6. The summed E-state index contributed by atoms with van der Waals surface area (Å²) in [5.41, 5.74) is 0.578. The maximum Gasteiger partial charge on any atom is 0.264 e. The van der Waals surface area contributed by atoms with Crippen LogP contribution in [0.25, 0.3) is 0 Å². The zero-order valence-corrected chi connectivity index (χ0v) is 19.9. The number of ether oxygens (including phenoxy) is 1. The average Bonchev–Trinajstić information content (AvgIpc) is 3.32. The van der Waals surface area contributed by atoms with Crippen LogP contribution in [-0.4, -0.2) is 54.2 Å². The number of aliphatic hydroxyl groups excluding tert-OH is 1. The van der Waals surface area contributed by atoms with Crippen molar-refractivity contribution in [3.05, 3.63) is 40.7 Å². The molecule has 0 unspecified atom stereocenters. The number of fused-ring (bicyclic) bond motifs is 2. The number of rotatable bonds is 6. The van der Waals surface area contributed by atoms with Gasteiger partial charge < -0.3 is 18.9 Å². The zero-order chi connectivity index (χ0) is 22.6. The number of aliphatic hydroxyl groups is 1. The predicted molar refractivity (Wildman–Crippen MR) is 118 cm³/mol. The van der Waals surface area contributed by atoms with Crippen LogP contribution in [0.2, 0.25) is 23.7 Å². The van der Waals surface area contributed by atoms with Crippen molar-refractivity contribution < 1.29 is 18.7 Å². The molecule has 1 fully saturated rings. The molecule has 168 valence electrons. The largest absolute Gasteiger partial charge is 0.396 e. The van der Waals surface area contributed by atoms with Gasteiger partial charge in [0.05, 0.1) is 17.5 Å². The van der Waals surface area contributed by atoms with Crippen molar-refractivity contribution in [1.82, 2.24) is 15.0 Å². The minimum absolute atomic E-state index is 0.00573.